The SMILES string of the molecule is N=C(N)N(CCCCCCN=C(N)/N=C(\N)Nc1ccc(Cl)cc1)C(N)=Nc1ccc(Cl)cc1. The van der Waals surface area contributed by atoms with Crippen LogP contribution >= 0.6 is 23.2 Å². The predicted molar refractivity (Wildman–Crippen MR) is 143 cm³/mol. The summed E-state index contributed by atoms with van der Waals surface area (Å²) in [5.74, 6) is 0.253. The van der Waals surface area contributed by atoms with E-state index in [1.54, 1.807) is 48.5 Å². The number of benzene rings is 2. The van der Waals surface area contributed by atoms with Crippen LogP contribution in [0.25, 0.3) is 0 Å². The molecular formula is C22H30Cl2N10. The van der Waals surface area contributed by atoms with Gasteiger partial charge in [-0.15, -0.1) is 0 Å². The lowest BCUT2D eigenvalue weighted by Crippen LogP contribution is -2.45. The second kappa shape index (κ2) is 13.9. The van der Waals surface area contributed by atoms with Crippen LogP contribution in [0.1, 0.15) is 25.7 Å². The Bertz CT molecular complexity index is 1020. The molecule has 0 aromatic heterocycles. The number of aliphatic imine (C=N–C) groups is 3. The molecule has 0 radical (unpaired) electrons. The summed E-state index contributed by atoms with van der Waals surface area (Å²) in [5.41, 5.74) is 24.7. The molecule has 0 aliphatic carbocycles. The van der Waals surface area contributed by atoms with Crippen molar-refractivity contribution >= 4 is 58.4 Å². The van der Waals surface area contributed by atoms with Crippen LogP contribution in [-0.4, -0.2) is 41.8 Å². The first-order chi connectivity index (χ1) is 16.2. The van der Waals surface area contributed by atoms with Gasteiger partial charge in [-0.05, 0) is 61.4 Å². The summed E-state index contributed by atoms with van der Waals surface area (Å²) in [6.07, 6.45) is 3.43. The maximum atomic E-state index is 7.77. The van der Waals surface area contributed by atoms with E-state index in [0.29, 0.717) is 28.8 Å². The molecule has 0 spiro atoms. The highest BCUT2D eigenvalue weighted by Gasteiger charge is 2.11. The average Bonchev–Trinajstić information content (AvgIpc) is 2.78. The van der Waals surface area contributed by atoms with Crippen molar-refractivity contribution in [2.45, 2.75) is 25.7 Å². The van der Waals surface area contributed by atoms with Gasteiger partial charge in [-0.3, -0.25) is 15.3 Å². The Kier molecular flexibility index (Phi) is 10.9. The summed E-state index contributed by atoms with van der Waals surface area (Å²) < 4.78 is 0. The van der Waals surface area contributed by atoms with Gasteiger partial charge in [-0.25, -0.2) is 4.99 Å². The number of halogens is 2. The fraction of sp³-hybridized carbons (Fsp3) is 0.273. The van der Waals surface area contributed by atoms with Gasteiger partial charge >= 0.3 is 0 Å². The normalized spacial score (nSPS) is 12.5. The van der Waals surface area contributed by atoms with Gasteiger partial charge in [-0.2, -0.15) is 4.99 Å². The Morgan fingerprint density at radius 3 is 2.06 bits per heavy atom. The van der Waals surface area contributed by atoms with E-state index in [2.05, 4.69) is 20.3 Å². The van der Waals surface area contributed by atoms with Crippen molar-refractivity contribution in [3.63, 3.8) is 0 Å². The van der Waals surface area contributed by atoms with Gasteiger partial charge in [0.25, 0.3) is 0 Å². The van der Waals surface area contributed by atoms with Crippen molar-refractivity contribution in [2.24, 2.45) is 37.9 Å². The Morgan fingerprint density at radius 2 is 1.44 bits per heavy atom. The standard InChI is InChI=1S/C22H30Cl2N10/c23-15-5-9-17(10-6-15)31-21(28)33-20(27)30-13-3-1-2-4-14-34(19(25)26)22(29)32-18-11-7-16(24)8-12-18/h5-12H,1-4,13-14H2,(H3,25,26)(H2,29,32)(H5,27,28,30,31,33). The van der Waals surface area contributed by atoms with Gasteiger partial charge in [0.05, 0.1) is 5.69 Å². The summed E-state index contributed by atoms with van der Waals surface area (Å²) in [6.45, 7) is 1.01. The zero-order valence-electron chi connectivity index (χ0n) is 18.7. The van der Waals surface area contributed by atoms with Crippen molar-refractivity contribution in [3.8, 4) is 0 Å². The second-order valence-corrected chi connectivity index (χ2v) is 8.14. The molecule has 0 bridgehead atoms. The Morgan fingerprint density at radius 1 is 0.853 bits per heavy atom. The molecule has 0 saturated heterocycles. The van der Waals surface area contributed by atoms with Gasteiger partial charge in [0.15, 0.2) is 5.96 Å². The lowest BCUT2D eigenvalue weighted by Gasteiger charge is -2.21. The van der Waals surface area contributed by atoms with E-state index >= 15 is 0 Å². The van der Waals surface area contributed by atoms with E-state index in [1.807, 2.05) is 0 Å². The Hall–Kier alpha value is -3.50. The van der Waals surface area contributed by atoms with Gasteiger partial charge in [0, 0.05) is 28.8 Å². The van der Waals surface area contributed by atoms with E-state index in [1.165, 1.54) is 4.90 Å². The van der Waals surface area contributed by atoms with Crippen LogP contribution in [0.2, 0.25) is 10.0 Å². The number of rotatable bonds is 9. The van der Waals surface area contributed by atoms with Crippen LogP contribution in [-0.2, 0) is 0 Å². The monoisotopic (exact) mass is 504 g/mol. The number of anilines is 1. The van der Waals surface area contributed by atoms with Gasteiger partial charge < -0.3 is 28.3 Å². The summed E-state index contributed by atoms with van der Waals surface area (Å²) in [4.78, 5) is 14.0. The Balaban J connectivity index is 1.71. The molecule has 2 rings (SSSR count). The van der Waals surface area contributed by atoms with E-state index < -0.39 is 0 Å². The molecule has 34 heavy (non-hydrogen) atoms. The first-order valence-electron chi connectivity index (χ1n) is 10.6. The number of nitrogens with two attached hydrogens (primary N) is 4. The first kappa shape index (κ1) is 26.7. The molecule has 0 aliphatic rings. The van der Waals surface area contributed by atoms with Crippen LogP contribution in [0.4, 0.5) is 11.4 Å². The van der Waals surface area contributed by atoms with Crippen LogP contribution < -0.4 is 28.3 Å². The fourth-order valence-corrected chi connectivity index (χ4v) is 3.12. The molecule has 10 N–H and O–H groups in total. The maximum absolute atomic E-state index is 7.77. The minimum absolute atomic E-state index is 0.105. The van der Waals surface area contributed by atoms with Crippen LogP contribution in [0.3, 0.4) is 0 Å². The Labute approximate surface area is 209 Å². The number of guanidine groups is 4. The molecule has 0 fully saturated rings. The van der Waals surface area contributed by atoms with Crippen LogP contribution in [0.5, 0.6) is 0 Å². The smallest absolute Gasteiger partial charge is 0.218 e. The number of unbranched alkanes of at least 4 members (excludes halogenated alkanes) is 3. The third kappa shape index (κ3) is 9.97. The van der Waals surface area contributed by atoms with Crippen molar-refractivity contribution < 1.29 is 0 Å². The molecule has 2 aromatic rings. The minimum Gasteiger partial charge on any atom is -0.370 e. The van der Waals surface area contributed by atoms with Gasteiger partial charge in [0.2, 0.25) is 17.9 Å². The molecular weight excluding hydrogens is 475 g/mol. The highest BCUT2D eigenvalue weighted by molar-refractivity contribution is 6.30. The second-order valence-electron chi connectivity index (χ2n) is 7.27. The van der Waals surface area contributed by atoms with Crippen molar-refractivity contribution in [2.75, 3.05) is 18.4 Å². The number of hydrogen-bond donors (Lipinski definition) is 6. The van der Waals surface area contributed by atoms with Crippen molar-refractivity contribution in [3.05, 3.63) is 58.6 Å². The van der Waals surface area contributed by atoms with Gasteiger partial charge in [-0.1, -0.05) is 36.0 Å². The van der Waals surface area contributed by atoms with E-state index in [0.717, 1.165) is 31.4 Å². The molecule has 2 aromatic carbocycles. The highest BCUT2D eigenvalue weighted by Crippen LogP contribution is 2.16. The van der Waals surface area contributed by atoms with Crippen molar-refractivity contribution in [1.82, 2.24) is 4.90 Å². The average molecular weight is 505 g/mol. The molecule has 12 heteroatoms. The molecule has 0 heterocycles. The minimum atomic E-state index is -0.157. The van der Waals surface area contributed by atoms with Crippen molar-refractivity contribution in [1.29, 1.82) is 5.41 Å². The zero-order chi connectivity index (χ0) is 24.9. The fourth-order valence-electron chi connectivity index (χ4n) is 2.86. The van der Waals surface area contributed by atoms with Crippen LogP contribution in [0, 0.1) is 5.41 Å². The third-order valence-corrected chi connectivity index (χ3v) is 5.06. The molecule has 0 amide bonds. The first-order valence-corrected chi connectivity index (χ1v) is 11.4. The molecule has 10 nitrogen and oxygen atoms in total. The molecule has 0 atom stereocenters. The quantitative estimate of drug-likeness (QED) is 0.172. The predicted octanol–water partition coefficient (Wildman–Crippen LogP) is 3.44. The van der Waals surface area contributed by atoms with E-state index in [4.69, 9.17) is 51.5 Å². The highest BCUT2D eigenvalue weighted by atomic mass is 35.5. The molecule has 0 aliphatic heterocycles. The topological polar surface area (TPSA) is 180 Å². The summed E-state index contributed by atoms with van der Waals surface area (Å²) in [6, 6.07) is 14.0. The number of hydrogen-bond acceptors (Lipinski definition) is 3. The molecule has 0 saturated carbocycles. The zero-order valence-corrected chi connectivity index (χ0v) is 20.2. The largest absolute Gasteiger partial charge is 0.370 e. The third-order valence-electron chi connectivity index (χ3n) is 4.55. The van der Waals surface area contributed by atoms with Crippen LogP contribution in [0.15, 0.2) is 63.5 Å². The molecule has 182 valence electrons. The number of nitrogens with one attached hydrogen (secondary N) is 2. The summed E-state index contributed by atoms with van der Waals surface area (Å²) in [5, 5.41) is 11.9. The summed E-state index contributed by atoms with van der Waals surface area (Å²) in [7, 11) is 0. The number of nitrogens with zero attached hydrogens (tertiary/aromatic N) is 4. The van der Waals surface area contributed by atoms with E-state index in [-0.39, 0.29) is 23.8 Å². The summed E-state index contributed by atoms with van der Waals surface area (Å²) >= 11 is 11.7. The van der Waals surface area contributed by atoms with E-state index in [9.17, 15) is 0 Å². The maximum Gasteiger partial charge on any atom is 0.218 e. The molecule has 0 unspecified atom stereocenters. The lowest BCUT2D eigenvalue weighted by molar-refractivity contribution is 0.528. The van der Waals surface area contributed by atoms with Gasteiger partial charge in [0.1, 0.15) is 0 Å². The lowest BCUT2D eigenvalue weighted by atomic mass is 10.2.